The van der Waals surface area contributed by atoms with Crippen molar-refractivity contribution in [1.29, 1.82) is 0 Å². The highest BCUT2D eigenvalue weighted by atomic mass is 16.5. The third kappa shape index (κ3) is 4.70. The number of aliphatic carboxylic acids is 1. The Morgan fingerprint density at radius 2 is 1.88 bits per heavy atom. The molecule has 0 aromatic carbocycles. The van der Waals surface area contributed by atoms with E-state index in [0.29, 0.717) is 6.61 Å². The predicted molar refractivity (Wildman–Crippen MR) is 59.5 cm³/mol. The summed E-state index contributed by atoms with van der Waals surface area (Å²) in [6.45, 7) is 5.11. The molecule has 0 heterocycles. The van der Waals surface area contributed by atoms with Crippen molar-refractivity contribution < 1.29 is 29.3 Å². The monoisotopic (exact) mass is 248 g/mol. The average molecular weight is 248 g/mol. The first kappa shape index (κ1) is 15.9. The summed E-state index contributed by atoms with van der Waals surface area (Å²) in [4.78, 5) is 22.7. The summed E-state index contributed by atoms with van der Waals surface area (Å²) in [6.07, 6.45) is -1.25. The maximum absolute atomic E-state index is 11.6. The number of aliphatic hydroxyl groups is 1. The van der Waals surface area contributed by atoms with Gasteiger partial charge in [0.25, 0.3) is 0 Å². The highest BCUT2D eigenvalue weighted by molar-refractivity contribution is 5.98. The summed E-state index contributed by atoms with van der Waals surface area (Å²) in [5.74, 6) is -2.16. The maximum atomic E-state index is 11.6. The number of aliphatic hydroxyl groups excluding tert-OH is 1. The molecule has 0 fully saturated rings. The Labute approximate surface area is 101 Å². The summed E-state index contributed by atoms with van der Waals surface area (Å²) < 4.78 is 9.67. The molecule has 17 heavy (non-hydrogen) atoms. The first-order chi connectivity index (χ1) is 7.88. The van der Waals surface area contributed by atoms with Crippen LogP contribution >= 0.6 is 0 Å². The lowest BCUT2D eigenvalue weighted by atomic mass is 9.84. The zero-order valence-corrected chi connectivity index (χ0v) is 10.4. The Hall–Kier alpha value is -1.14. The molecule has 2 N–H and O–H groups in total. The van der Waals surface area contributed by atoms with Crippen LogP contribution in [-0.2, 0) is 19.1 Å². The van der Waals surface area contributed by atoms with E-state index >= 15 is 0 Å². The van der Waals surface area contributed by atoms with Crippen molar-refractivity contribution in [3.8, 4) is 0 Å². The van der Waals surface area contributed by atoms with Gasteiger partial charge in [-0.05, 0) is 20.8 Å². The van der Waals surface area contributed by atoms with Gasteiger partial charge in [-0.25, -0.2) is 0 Å². The van der Waals surface area contributed by atoms with Gasteiger partial charge in [0.2, 0.25) is 0 Å². The smallest absolute Gasteiger partial charge is 0.323 e. The van der Waals surface area contributed by atoms with E-state index in [2.05, 4.69) is 0 Å². The van der Waals surface area contributed by atoms with Crippen LogP contribution in [0.4, 0.5) is 0 Å². The summed E-state index contributed by atoms with van der Waals surface area (Å²) in [5, 5.41) is 18.6. The van der Waals surface area contributed by atoms with Crippen molar-refractivity contribution in [3.63, 3.8) is 0 Å². The van der Waals surface area contributed by atoms with Gasteiger partial charge < -0.3 is 19.7 Å². The maximum Gasteiger partial charge on any atom is 0.323 e. The molecule has 6 nitrogen and oxygen atoms in total. The molecule has 0 aliphatic rings. The number of rotatable bonds is 8. The molecule has 100 valence electrons. The second kappa shape index (κ2) is 7.24. The van der Waals surface area contributed by atoms with Crippen LogP contribution in [0.15, 0.2) is 0 Å². The molecule has 0 aliphatic heterocycles. The zero-order chi connectivity index (χ0) is 13.5. The van der Waals surface area contributed by atoms with Crippen molar-refractivity contribution in [2.45, 2.75) is 33.3 Å². The Balaban J connectivity index is 4.61. The van der Waals surface area contributed by atoms with Crippen LogP contribution in [0.25, 0.3) is 0 Å². The van der Waals surface area contributed by atoms with E-state index < -0.39 is 23.5 Å². The third-order valence-corrected chi connectivity index (χ3v) is 2.36. The van der Waals surface area contributed by atoms with Gasteiger partial charge in [-0.1, -0.05) is 0 Å². The standard InChI is InChI=1S/C11H20O6/c1-4-16-7-8(12)6-11(3,9(13)14)10(15)17-5-2/h8,12H,4-7H2,1-3H3,(H,13,14). The molecule has 0 aromatic heterocycles. The fourth-order valence-corrected chi connectivity index (χ4v) is 1.33. The Morgan fingerprint density at radius 1 is 1.29 bits per heavy atom. The lowest BCUT2D eigenvalue weighted by molar-refractivity contribution is -0.170. The highest BCUT2D eigenvalue weighted by Crippen LogP contribution is 2.26. The first-order valence-electron chi connectivity index (χ1n) is 5.54. The second-order valence-electron chi connectivity index (χ2n) is 3.88. The molecule has 0 spiro atoms. The summed E-state index contributed by atoms with van der Waals surface area (Å²) in [7, 11) is 0. The lowest BCUT2D eigenvalue weighted by Gasteiger charge is -2.24. The number of hydrogen-bond acceptors (Lipinski definition) is 5. The first-order valence-corrected chi connectivity index (χ1v) is 5.54. The van der Waals surface area contributed by atoms with Gasteiger partial charge in [-0.3, -0.25) is 9.59 Å². The van der Waals surface area contributed by atoms with Gasteiger partial charge >= 0.3 is 11.9 Å². The molecule has 2 atom stereocenters. The molecular weight excluding hydrogens is 228 g/mol. The SMILES string of the molecule is CCOCC(O)CC(C)(C(=O)O)C(=O)OCC. The fourth-order valence-electron chi connectivity index (χ4n) is 1.33. The van der Waals surface area contributed by atoms with Gasteiger partial charge in [-0.15, -0.1) is 0 Å². The number of ether oxygens (including phenoxy) is 2. The van der Waals surface area contributed by atoms with E-state index in [9.17, 15) is 14.7 Å². The van der Waals surface area contributed by atoms with Gasteiger partial charge in [0, 0.05) is 13.0 Å². The van der Waals surface area contributed by atoms with Crippen molar-refractivity contribution in [2.75, 3.05) is 19.8 Å². The molecule has 0 rings (SSSR count). The largest absolute Gasteiger partial charge is 0.480 e. The topological polar surface area (TPSA) is 93.1 Å². The van der Waals surface area contributed by atoms with Crippen LogP contribution < -0.4 is 0 Å². The van der Waals surface area contributed by atoms with E-state index in [1.807, 2.05) is 0 Å². The van der Waals surface area contributed by atoms with Crippen molar-refractivity contribution in [3.05, 3.63) is 0 Å². The van der Waals surface area contributed by atoms with Gasteiger partial charge in [0.1, 0.15) is 0 Å². The van der Waals surface area contributed by atoms with Gasteiger partial charge in [0.15, 0.2) is 5.41 Å². The highest BCUT2D eigenvalue weighted by Gasteiger charge is 2.44. The molecule has 0 bridgehead atoms. The number of carbonyl (C=O) groups is 2. The molecule has 0 radical (unpaired) electrons. The third-order valence-electron chi connectivity index (χ3n) is 2.36. The fraction of sp³-hybridized carbons (Fsp3) is 0.818. The number of hydrogen-bond donors (Lipinski definition) is 2. The minimum Gasteiger partial charge on any atom is -0.480 e. The van der Waals surface area contributed by atoms with E-state index in [0.717, 1.165) is 0 Å². The van der Waals surface area contributed by atoms with Crippen LogP contribution in [-0.4, -0.2) is 48.1 Å². The van der Waals surface area contributed by atoms with Gasteiger partial charge in [-0.2, -0.15) is 0 Å². The summed E-state index contributed by atoms with van der Waals surface area (Å²) in [5.41, 5.74) is -1.74. The second-order valence-corrected chi connectivity index (χ2v) is 3.88. The van der Waals surface area contributed by atoms with Crippen LogP contribution in [0.5, 0.6) is 0 Å². The van der Waals surface area contributed by atoms with Crippen LogP contribution in [0.3, 0.4) is 0 Å². The molecule has 0 amide bonds. The molecule has 0 aromatic rings. The number of carbonyl (C=O) groups excluding carboxylic acids is 1. The minimum absolute atomic E-state index is 0.00122. The van der Waals surface area contributed by atoms with E-state index in [1.165, 1.54) is 6.92 Å². The van der Waals surface area contributed by atoms with Crippen LogP contribution in [0.2, 0.25) is 0 Å². The predicted octanol–water partition coefficient (Wildman–Crippen LogP) is 0.428. The van der Waals surface area contributed by atoms with Crippen LogP contribution in [0.1, 0.15) is 27.2 Å². The molecular formula is C11H20O6. The number of carboxylic acids is 1. The van der Waals surface area contributed by atoms with Crippen LogP contribution in [0, 0.1) is 5.41 Å². The Bertz CT molecular complexity index is 265. The normalized spacial score (nSPS) is 16.0. The van der Waals surface area contributed by atoms with E-state index in [-0.39, 0.29) is 19.6 Å². The molecule has 0 saturated carbocycles. The molecule has 2 unspecified atom stereocenters. The Kier molecular flexibility index (Phi) is 6.75. The van der Waals surface area contributed by atoms with E-state index in [4.69, 9.17) is 14.6 Å². The Morgan fingerprint density at radius 3 is 2.29 bits per heavy atom. The molecule has 0 aliphatic carbocycles. The van der Waals surface area contributed by atoms with E-state index in [1.54, 1.807) is 13.8 Å². The molecule has 0 saturated heterocycles. The lowest BCUT2D eigenvalue weighted by Crippen LogP contribution is -2.41. The quantitative estimate of drug-likeness (QED) is 0.478. The van der Waals surface area contributed by atoms with Crippen molar-refractivity contribution in [1.82, 2.24) is 0 Å². The van der Waals surface area contributed by atoms with Gasteiger partial charge in [0.05, 0.1) is 19.3 Å². The average Bonchev–Trinajstić information content (AvgIpc) is 2.26. The summed E-state index contributed by atoms with van der Waals surface area (Å²) >= 11 is 0. The summed E-state index contributed by atoms with van der Waals surface area (Å²) in [6, 6.07) is 0. The molecule has 6 heteroatoms. The zero-order valence-electron chi connectivity index (χ0n) is 10.4. The number of esters is 1. The van der Waals surface area contributed by atoms with Crippen molar-refractivity contribution >= 4 is 11.9 Å². The minimum atomic E-state index is -1.74. The van der Waals surface area contributed by atoms with Crippen molar-refractivity contribution in [2.24, 2.45) is 5.41 Å². The number of carboxylic acid groups (broad SMARTS) is 1.